The summed E-state index contributed by atoms with van der Waals surface area (Å²) in [6, 6.07) is 102. The van der Waals surface area contributed by atoms with Crippen molar-refractivity contribution >= 4 is 34.1 Å². The summed E-state index contributed by atoms with van der Waals surface area (Å²) in [4.78, 5) is 4.82. The maximum Gasteiger partial charge on any atom is 0.0467 e. The molecule has 2 aliphatic carbocycles. The molecule has 2 unspecified atom stereocenters. The van der Waals surface area contributed by atoms with E-state index in [4.69, 9.17) is 0 Å². The number of benzene rings is 11. The molecule has 11 aromatic rings. The van der Waals surface area contributed by atoms with Crippen LogP contribution >= 0.6 is 0 Å². The van der Waals surface area contributed by atoms with Crippen LogP contribution in [0.3, 0.4) is 0 Å². The van der Waals surface area contributed by atoms with E-state index in [1.807, 2.05) is 0 Å². The molecule has 2 aliphatic rings. The minimum atomic E-state index is 0.155. The quantitative estimate of drug-likeness (QED) is 0.135. The van der Waals surface area contributed by atoms with E-state index < -0.39 is 0 Å². The summed E-state index contributed by atoms with van der Waals surface area (Å²) in [7, 11) is 0. The Morgan fingerprint density at radius 3 is 0.929 bits per heavy atom. The maximum absolute atomic E-state index is 2.42. The van der Waals surface area contributed by atoms with Crippen LogP contribution in [-0.2, 0) is 0 Å². The van der Waals surface area contributed by atoms with E-state index in [1.54, 1.807) is 0 Å². The Balaban J connectivity index is 0.898. The maximum atomic E-state index is 2.42. The van der Waals surface area contributed by atoms with Gasteiger partial charge in [-0.3, -0.25) is 0 Å². The van der Waals surface area contributed by atoms with Gasteiger partial charge in [0, 0.05) is 46.0 Å². The zero-order valence-electron chi connectivity index (χ0n) is 38.6. The molecule has 2 nitrogen and oxygen atoms in total. The van der Waals surface area contributed by atoms with Crippen molar-refractivity contribution in [1.82, 2.24) is 0 Å². The summed E-state index contributed by atoms with van der Waals surface area (Å²) in [6.07, 6.45) is 0. The molecule has 2 heteroatoms. The van der Waals surface area contributed by atoms with Crippen LogP contribution in [0, 0.1) is 0 Å². The van der Waals surface area contributed by atoms with E-state index in [1.165, 1.54) is 66.8 Å². The standard InChI is InChI=1S/C68H48N2/c1-5-21-47(22-6-1)67-63-37-17-15-35-59(63)61-41-39-55(45-65(61)67)69(51-27-9-3-10-28-51)53-31-19-25-49(43-53)57-33-13-14-34-58(57)50-26-20-32-54(44-50)70(52-29-11-4-12-30-52)56-40-42-62-60-36-16-18-38-64(60)68(66(62)46-56)48-23-7-2-8-24-48/h1-46,67-68H. The third kappa shape index (κ3) is 7.21. The molecule has 0 N–H and O–H groups in total. The fourth-order valence-corrected chi connectivity index (χ4v) is 11.3. The lowest BCUT2D eigenvalue weighted by atomic mass is 9.89. The first-order valence-corrected chi connectivity index (χ1v) is 24.3. The molecule has 0 saturated carbocycles. The van der Waals surface area contributed by atoms with Crippen LogP contribution in [0.15, 0.2) is 279 Å². The average molecular weight is 893 g/mol. The van der Waals surface area contributed by atoms with Gasteiger partial charge in [-0.1, -0.05) is 206 Å². The Labute approximate surface area is 410 Å². The molecule has 11 aromatic carbocycles. The molecule has 2 atom stereocenters. The first-order chi connectivity index (χ1) is 34.7. The number of rotatable bonds is 10. The summed E-state index contributed by atoms with van der Waals surface area (Å²) < 4.78 is 0. The van der Waals surface area contributed by atoms with Crippen LogP contribution in [0.4, 0.5) is 34.1 Å². The highest BCUT2D eigenvalue weighted by Crippen LogP contribution is 2.52. The van der Waals surface area contributed by atoms with Crippen LogP contribution in [0.5, 0.6) is 0 Å². The molecule has 0 amide bonds. The molecule has 0 radical (unpaired) electrons. The third-order valence-electron chi connectivity index (χ3n) is 14.4. The van der Waals surface area contributed by atoms with Crippen molar-refractivity contribution in [2.45, 2.75) is 11.8 Å². The third-order valence-corrected chi connectivity index (χ3v) is 14.4. The second kappa shape index (κ2) is 17.6. The summed E-state index contributed by atoms with van der Waals surface area (Å²) >= 11 is 0. The molecule has 0 heterocycles. The van der Waals surface area contributed by atoms with Gasteiger partial charge in [0.2, 0.25) is 0 Å². The molecular weight excluding hydrogens is 845 g/mol. The van der Waals surface area contributed by atoms with Crippen LogP contribution in [0.2, 0.25) is 0 Å². The largest absolute Gasteiger partial charge is 0.310 e. The van der Waals surface area contributed by atoms with Crippen molar-refractivity contribution in [1.29, 1.82) is 0 Å². The number of fused-ring (bicyclic) bond motifs is 6. The molecular formula is C68H48N2. The minimum absolute atomic E-state index is 0.155. The molecule has 330 valence electrons. The highest BCUT2D eigenvalue weighted by molar-refractivity contribution is 5.91. The van der Waals surface area contributed by atoms with Crippen LogP contribution in [-0.4, -0.2) is 0 Å². The van der Waals surface area contributed by atoms with Gasteiger partial charge in [0.25, 0.3) is 0 Å². The summed E-state index contributed by atoms with van der Waals surface area (Å²) in [5, 5.41) is 0. The summed E-state index contributed by atoms with van der Waals surface area (Å²) in [5.41, 5.74) is 24.6. The highest BCUT2D eigenvalue weighted by Gasteiger charge is 2.32. The SMILES string of the molecule is c1ccc(C2c3ccccc3-c3ccc(N(c4ccccc4)c4cccc(-c5ccccc5-c5cccc(N(c6ccccc6)c6ccc7c(c6)C(c6ccccc6)c6ccccc6-7)c5)c4)cc32)cc1. The number of nitrogens with zero attached hydrogens (tertiary/aromatic N) is 2. The Hall–Kier alpha value is -8.98. The van der Waals surface area contributed by atoms with Crippen molar-refractivity contribution in [3.8, 4) is 44.5 Å². The van der Waals surface area contributed by atoms with E-state index in [2.05, 4.69) is 289 Å². The number of para-hydroxylation sites is 2. The number of hydrogen-bond donors (Lipinski definition) is 0. The second-order valence-electron chi connectivity index (χ2n) is 18.4. The van der Waals surface area contributed by atoms with E-state index in [9.17, 15) is 0 Å². The van der Waals surface area contributed by atoms with E-state index in [-0.39, 0.29) is 11.8 Å². The number of anilines is 6. The molecule has 0 fully saturated rings. The lowest BCUT2D eigenvalue weighted by molar-refractivity contribution is 1.01. The van der Waals surface area contributed by atoms with Crippen molar-refractivity contribution in [3.63, 3.8) is 0 Å². The van der Waals surface area contributed by atoms with Crippen LogP contribution in [0.25, 0.3) is 44.5 Å². The highest BCUT2D eigenvalue weighted by atomic mass is 15.1. The lowest BCUT2D eigenvalue weighted by Gasteiger charge is -2.28. The summed E-state index contributed by atoms with van der Waals surface area (Å²) in [5.74, 6) is 0.311. The fraction of sp³-hybridized carbons (Fsp3) is 0.0294. The molecule has 0 aliphatic heterocycles. The van der Waals surface area contributed by atoms with Gasteiger partial charge in [0.1, 0.15) is 0 Å². The average Bonchev–Trinajstić information content (AvgIpc) is 3.94. The van der Waals surface area contributed by atoms with Crippen LogP contribution in [0.1, 0.15) is 45.2 Å². The van der Waals surface area contributed by atoms with Gasteiger partial charge in [-0.05, 0) is 151 Å². The van der Waals surface area contributed by atoms with Crippen molar-refractivity contribution in [2.75, 3.05) is 9.80 Å². The molecule has 0 aromatic heterocycles. The van der Waals surface area contributed by atoms with Gasteiger partial charge in [0.05, 0.1) is 0 Å². The van der Waals surface area contributed by atoms with E-state index >= 15 is 0 Å². The zero-order valence-corrected chi connectivity index (χ0v) is 38.6. The number of hydrogen-bond acceptors (Lipinski definition) is 2. The van der Waals surface area contributed by atoms with Gasteiger partial charge in [-0.15, -0.1) is 0 Å². The lowest BCUT2D eigenvalue weighted by Crippen LogP contribution is -2.11. The van der Waals surface area contributed by atoms with E-state index in [0.29, 0.717) is 0 Å². The van der Waals surface area contributed by atoms with Crippen molar-refractivity contribution in [3.05, 3.63) is 312 Å². The Kier molecular flexibility index (Phi) is 10.4. The van der Waals surface area contributed by atoms with Gasteiger partial charge >= 0.3 is 0 Å². The Bertz CT molecular complexity index is 3430. The Morgan fingerprint density at radius 1 is 0.200 bits per heavy atom. The molecule has 13 rings (SSSR count). The molecule has 0 saturated heterocycles. The van der Waals surface area contributed by atoms with Crippen molar-refractivity contribution in [2.24, 2.45) is 0 Å². The molecule has 0 bridgehead atoms. The first-order valence-electron chi connectivity index (χ1n) is 24.3. The summed E-state index contributed by atoms with van der Waals surface area (Å²) in [6.45, 7) is 0. The van der Waals surface area contributed by atoms with Gasteiger partial charge in [-0.25, -0.2) is 0 Å². The fourth-order valence-electron chi connectivity index (χ4n) is 11.3. The van der Waals surface area contributed by atoms with Gasteiger partial charge < -0.3 is 9.80 Å². The van der Waals surface area contributed by atoms with Gasteiger partial charge in [-0.2, -0.15) is 0 Å². The van der Waals surface area contributed by atoms with Crippen molar-refractivity contribution < 1.29 is 0 Å². The first kappa shape index (κ1) is 41.2. The monoisotopic (exact) mass is 892 g/mol. The van der Waals surface area contributed by atoms with Gasteiger partial charge in [0.15, 0.2) is 0 Å². The normalized spacial score (nSPS) is 14.0. The van der Waals surface area contributed by atoms with E-state index in [0.717, 1.165) is 45.3 Å². The Morgan fingerprint density at radius 2 is 0.514 bits per heavy atom. The second-order valence-corrected chi connectivity index (χ2v) is 18.4. The predicted octanol–water partition coefficient (Wildman–Crippen LogP) is 18.3. The topological polar surface area (TPSA) is 6.48 Å². The molecule has 70 heavy (non-hydrogen) atoms. The minimum Gasteiger partial charge on any atom is -0.310 e. The zero-order chi connectivity index (χ0) is 46.4. The van der Waals surface area contributed by atoms with Crippen LogP contribution < -0.4 is 9.80 Å². The molecule has 0 spiro atoms. The smallest absolute Gasteiger partial charge is 0.0467 e. The predicted molar refractivity (Wildman–Crippen MR) is 292 cm³/mol.